The fourth-order valence-electron chi connectivity index (χ4n) is 2.93. The smallest absolute Gasteiger partial charge is 0.216 e. The third kappa shape index (κ3) is 3.34. The number of hydrogen-bond acceptors (Lipinski definition) is 1. The summed E-state index contributed by atoms with van der Waals surface area (Å²) in [5, 5.41) is 2.88. The maximum Gasteiger partial charge on any atom is 0.216 e. The molecule has 0 heterocycles. The van der Waals surface area contributed by atoms with Crippen LogP contribution in [0.2, 0.25) is 0 Å². The second-order valence-electron chi connectivity index (χ2n) is 5.42. The lowest BCUT2D eigenvalue weighted by atomic mass is 9.80. The summed E-state index contributed by atoms with van der Waals surface area (Å²) in [6.45, 7) is 4.56. The molecule has 1 amide bonds. The zero-order chi connectivity index (χ0) is 13.0. The molecule has 2 nitrogen and oxygen atoms in total. The molecule has 1 atom stereocenters. The van der Waals surface area contributed by atoms with Gasteiger partial charge in [0, 0.05) is 13.5 Å². The Morgan fingerprint density at radius 1 is 1.44 bits per heavy atom. The first kappa shape index (κ1) is 13.1. The van der Waals surface area contributed by atoms with Gasteiger partial charge in [0.1, 0.15) is 0 Å². The average Bonchev–Trinajstić information content (AvgIpc) is 2.34. The van der Waals surface area contributed by atoms with Crippen molar-refractivity contribution >= 4 is 5.91 Å². The normalized spacial score (nSPS) is 18.2. The van der Waals surface area contributed by atoms with Crippen LogP contribution in [0.15, 0.2) is 18.2 Å². The van der Waals surface area contributed by atoms with Crippen LogP contribution in [-0.4, -0.2) is 12.5 Å². The number of carbonyl (C=O) groups excluding carboxylic acids is 1. The van der Waals surface area contributed by atoms with E-state index in [2.05, 4.69) is 30.4 Å². The Morgan fingerprint density at radius 3 is 3.06 bits per heavy atom. The average molecular weight is 245 g/mol. The van der Waals surface area contributed by atoms with Crippen LogP contribution in [0.1, 0.15) is 55.2 Å². The van der Waals surface area contributed by atoms with Crippen molar-refractivity contribution in [2.45, 2.75) is 51.9 Å². The van der Waals surface area contributed by atoms with Crippen LogP contribution in [-0.2, 0) is 11.2 Å². The maximum atomic E-state index is 10.8. The highest BCUT2D eigenvalue weighted by Crippen LogP contribution is 2.35. The molecule has 18 heavy (non-hydrogen) atoms. The Balaban J connectivity index is 1.95. The van der Waals surface area contributed by atoms with Crippen LogP contribution >= 0.6 is 0 Å². The molecule has 1 aliphatic rings. The van der Waals surface area contributed by atoms with Crippen molar-refractivity contribution in [3.63, 3.8) is 0 Å². The SMILES string of the molecule is CC(=O)NCCCC1CCCc2ccc(C)cc21. The van der Waals surface area contributed by atoms with Gasteiger partial charge in [-0.3, -0.25) is 4.79 Å². The topological polar surface area (TPSA) is 29.1 Å². The highest BCUT2D eigenvalue weighted by molar-refractivity contribution is 5.72. The fraction of sp³-hybridized carbons (Fsp3) is 0.562. The van der Waals surface area contributed by atoms with Crippen LogP contribution in [0.5, 0.6) is 0 Å². The van der Waals surface area contributed by atoms with Crippen LogP contribution in [0.3, 0.4) is 0 Å². The maximum absolute atomic E-state index is 10.8. The number of carbonyl (C=O) groups is 1. The zero-order valence-corrected chi connectivity index (χ0v) is 11.5. The summed E-state index contributed by atoms with van der Waals surface area (Å²) in [5.74, 6) is 0.775. The predicted molar refractivity (Wildman–Crippen MR) is 74.8 cm³/mol. The Labute approximate surface area is 110 Å². The minimum absolute atomic E-state index is 0.0786. The van der Waals surface area contributed by atoms with Crippen molar-refractivity contribution in [1.82, 2.24) is 5.32 Å². The number of nitrogens with one attached hydrogen (secondary N) is 1. The number of rotatable bonds is 4. The van der Waals surface area contributed by atoms with E-state index < -0.39 is 0 Å². The molecule has 1 aliphatic carbocycles. The molecule has 0 saturated heterocycles. The first-order valence-corrected chi connectivity index (χ1v) is 7.00. The second kappa shape index (κ2) is 6.03. The first-order valence-electron chi connectivity index (χ1n) is 7.00. The van der Waals surface area contributed by atoms with Gasteiger partial charge in [-0.1, -0.05) is 23.8 Å². The Kier molecular flexibility index (Phi) is 4.40. The van der Waals surface area contributed by atoms with Gasteiger partial charge in [0.15, 0.2) is 0 Å². The van der Waals surface area contributed by atoms with E-state index in [9.17, 15) is 4.79 Å². The fourth-order valence-corrected chi connectivity index (χ4v) is 2.93. The zero-order valence-electron chi connectivity index (χ0n) is 11.5. The number of hydrogen-bond donors (Lipinski definition) is 1. The molecule has 0 bridgehead atoms. The molecule has 98 valence electrons. The van der Waals surface area contributed by atoms with Gasteiger partial charge in [-0.2, -0.15) is 0 Å². The monoisotopic (exact) mass is 245 g/mol. The van der Waals surface area contributed by atoms with Crippen molar-refractivity contribution < 1.29 is 4.79 Å². The molecule has 1 aromatic carbocycles. The van der Waals surface area contributed by atoms with Gasteiger partial charge in [-0.15, -0.1) is 0 Å². The van der Waals surface area contributed by atoms with Crippen LogP contribution in [0.4, 0.5) is 0 Å². The summed E-state index contributed by atoms with van der Waals surface area (Å²) in [6.07, 6.45) is 6.11. The Morgan fingerprint density at radius 2 is 2.28 bits per heavy atom. The van der Waals surface area contributed by atoms with E-state index in [-0.39, 0.29) is 5.91 Å². The Hall–Kier alpha value is -1.31. The van der Waals surface area contributed by atoms with Crippen molar-refractivity contribution in [2.24, 2.45) is 0 Å². The lowest BCUT2D eigenvalue weighted by molar-refractivity contribution is -0.118. The molecule has 0 radical (unpaired) electrons. The van der Waals surface area contributed by atoms with Gasteiger partial charge in [-0.25, -0.2) is 0 Å². The number of benzene rings is 1. The second-order valence-corrected chi connectivity index (χ2v) is 5.42. The van der Waals surface area contributed by atoms with Crippen LogP contribution < -0.4 is 5.32 Å². The van der Waals surface area contributed by atoms with Gasteiger partial charge < -0.3 is 5.32 Å². The van der Waals surface area contributed by atoms with Crippen molar-refractivity contribution in [3.05, 3.63) is 34.9 Å². The predicted octanol–water partition coefficient (Wildman–Crippen LogP) is 3.33. The summed E-state index contributed by atoms with van der Waals surface area (Å²) in [7, 11) is 0. The number of amides is 1. The van der Waals surface area contributed by atoms with E-state index >= 15 is 0 Å². The van der Waals surface area contributed by atoms with E-state index in [4.69, 9.17) is 0 Å². The lowest BCUT2D eigenvalue weighted by Crippen LogP contribution is -2.21. The summed E-state index contributed by atoms with van der Waals surface area (Å²) < 4.78 is 0. The molecule has 1 unspecified atom stereocenters. The van der Waals surface area contributed by atoms with Crippen molar-refractivity contribution in [3.8, 4) is 0 Å². The van der Waals surface area contributed by atoms with E-state index in [1.54, 1.807) is 12.5 Å². The van der Waals surface area contributed by atoms with Gasteiger partial charge in [0.25, 0.3) is 0 Å². The van der Waals surface area contributed by atoms with Crippen LogP contribution in [0.25, 0.3) is 0 Å². The minimum Gasteiger partial charge on any atom is -0.356 e. The van der Waals surface area contributed by atoms with Gasteiger partial charge in [0.05, 0.1) is 0 Å². The molecule has 1 N–H and O–H groups in total. The Bertz CT molecular complexity index is 425. The summed E-state index contributed by atoms with van der Waals surface area (Å²) in [6, 6.07) is 6.88. The summed E-state index contributed by atoms with van der Waals surface area (Å²) in [4.78, 5) is 10.8. The van der Waals surface area contributed by atoms with E-state index in [1.807, 2.05) is 0 Å². The number of aryl methyl sites for hydroxylation is 2. The van der Waals surface area contributed by atoms with Gasteiger partial charge in [0.2, 0.25) is 5.91 Å². The highest BCUT2D eigenvalue weighted by atomic mass is 16.1. The molecule has 0 saturated carbocycles. The van der Waals surface area contributed by atoms with Crippen LogP contribution in [0, 0.1) is 6.92 Å². The summed E-state index contributed by atoms with van der Waals surface area (Å²) in [5.41, 5.74) is 4.46. The molecule has 2 heteroatoms. The summed E-state index contributed by atoms with van der Waals surface area (Å²) >= 11 is 0. The van der Waals surface area contributed by atoms with E-state index in [0.29, 0.717) is 5.92 Å². The minimum atomic E-state index is 0.0786. The standard InChI is InChI=1S/C16H23NO/c1-12-8-9-15-6-3-5-14(16(15)11-12)7-4-10-17-13(2)18/h8-9,11,14H,3-7,10H2,1-2H3,(H,17,18). The largest absolute Gasteiger partial charge is 0.356 e. The van der Waals surface area contributed by atoms with Crippen molar-refractivity contribution in [2.75, 3.05) is 6.54 Å². The van der Waals surface area contributed by atoms with Crippen molar-refractivity contribution in [1.29, 1.82) is 0 Å². The lowest BCUT2D eigenvalue weighted by Gasteiger charge is -2.26. The molecule has 0 fully saturated rings. The molecule has 0 spiro atoms. The molecule has 0 aliphatic heterocycles. The van der Waals surface area contributed by atoms with E-state index in [0.717, 1.165) is 13.0 Å². The molecule has 1 aromatic rings. The molecule has 0 aromatic heterocycles. The van der Waals surface area contributed by atoms with Gasteiger partial charge in [-0.05, 0) is 56.1 Å². The third-order valence-corrected chi connectivity index (χ3v) is 3.84. The molecule has 2 rings (SSSR count). The molecular formula is C16H23NO. The number of fused-ring (bicyclic) bond motifs is 1. The third-order valence-electron chi connectivity index (χ3n) is 3.84. The molecular weight excluding hydrogens is 222 g/mol. The van der Waals surface area contributed by atoms with Gasteiger partial charge >= 0.3 is 0 Å². The van der Waals surface area contributed by atoms with E-state index in [1.165, 1.54) is 36.8 Å². The first-order chi connectivity index (χ1) is 8.66. The quantitative estimate of drug-likeness (QED) is 0.810. The highest BCUT2D eigenvalue weighted by Gasteiger charge is 2.19.